The summed E-state index contributed by atoms with van der Waals surface area (Å²) < 4.78 is 0. The summed E-state index contributed by atoms with van der Waals surface area (Å²) in [4.78, 5) is 30.9. The van der Waals surface area contributed by atoms with E-state index in [2.05, 4.69) is 4.98 Å². The molecule has 104 valence electrons. The summed E-state index contributed by atoms with van der Waals surface area (Å²) in [6, 6.07) is 4.83. The van der Waals surface area contributed by atoms with Gasteiger partial charge in [0.1, 0.15) is 10.8 Å². The first kappa shape index (κ1) is 15.4. The number of carbonyl (C=O) groups excluding carboxylic acids is 2. The largest absolute Gasteiger partial charge is 0.342 e. The van der Waals surface area contributed by atoms with Crippen LogP contribution in [0.5, 0.6) is 0 Å². The lowest BCUT2D eigenvalue weighted by molar-refractivity contribution is -0.131. The second-order valence-corrected chi connectivity index (χ2v) is 4.46. The van der Waals surface area contributed by atoms with Gasteiger partial charge in [0.15, 0.2) is 0 Å². The fourth-order valence-electron chi connectivity index (χ4n) is 1.67. The second-order valence-electron chi connectivity index (χ2n) is 4.07. The van der Waals surface area contributed by atoms with E-state index in [0.717, 1.165) is 0 Å². The van der Waals surface area contributed by atoms with E-state index in [1.807, 2.05) is 13.8 Å². The number of rotatable bonds is 5. The number of nitrogens with zero attached hydrogens (tertiary/aromatic N) is 3. The van der Waals surface area contributed by atoms with E-state index in [1.54, 1.807) is 30.1 Å². The Bertz CT molecular complexity index is 461. The molecule has 0 saturated heterocycles. The first-order valence-electron chi connectivity index (χ1n) is 6.15. The van der Waals surface area contributed by atoms with Gasteiger partial charge in [-0.05, 0) is 26.0 Å². The molecule has 0 aliphatic rings. The van der Waals surface area contributed by atoms with Gasteiger partial charge in [-0.15, -0.1) is 0 Å². The highest BCUT2D eigenvalue weighted by molar-refractivity contribution is 6.29. The Morgan fingerprint density at radius 2 is 1.89 bits per heavy atom. The molecule has 0 aromatic carbocycles. The van der Waals surface area contributed by atoms with Crippen molar-refractivity contribution in [1.29, 1.82) is 0 Å². The van der Waals surface area contributed by atoms with Gasteiger partial charge in [0.05, 0.1) is 6.54 Å². The van der Waals surface area contributed by atoms with Crippen molar-refractivity contribution in [3.8, 4) is 0 Å². The molecule has 0 aliphatic heterocycles. The molecule has 0 atom stereocenters. The Morgan fingerprint density at radius 3 is 2.42 bits per heavy atom. The predicted molar refractivity (Wildman–Crippen MR) is 74.1 cm³/mol. The highest BCUT2D eigenvalue weighted by atomic mass is 35.5. The maximum atomic E-state index is 12.1. The normalized spacial score (nSPS) is 10.1. The van der Waals surface area contributed by atoms with Gasteiger partial charge in [-0.3, -0.25) is 9.59 Å². The lowest BCUT2D eigenvalue weighted by atomic mass is 10.3. The fraction of sp³-hybridized carbons (Fsp3) is 0.462. The molecule has 6 heteroatoms. The van der Waals surface area contributed by atoms with Crippen molar-refractivity contribution in [3.05, 3.63) is 29.0 Å². The van der Waals surface area contributed by atoms with Crippen molar-refractivity contribution in [2.24, 2.45) is 0 Å². The van der Waals surface area contributed by atoms with Crippen LogP contribution in [0.3, 0.4) is 0 Å². The summed E-state index contributed by atoms with van der Waals surface area (Å²) in [6.07, 6.45) is 0. The molecular weight excluding hydrogens is 266 g/mol. The van der Waals surface area contributed by atoms with Gasteiger partial charge in [0.2, 0.25) is 5.91 Å². The Hall–Kier alpha value is -1.62. The minimum atomic E-state index is -0.317. The number of halogens is 1. The van der Waals surface area contributed by atoms with Gasteiger partial charge < -0.3 is 9.80 Å². The molecule has 5 nitrogen and oxygen atoms in total. The third kappa shape index (κ3) is 4.21. The molecule has 0 saturated carbocycles. The van der Waals surface area contributed by atoms with E-state index < -0.39 is 0 Å². The molecule has 0 fully saturated rings. The summed E-state index contributed by atoms with van der Waals surface area (Å²) >= 11 is 5.74. The average molecular weight is 284 g/mol. The third-order valence-corrected chi connectivity index (χ3v) is 2.98. The number of hydrogen-bond acceptors (Lipinski definition) is 3. The standard InChI is InChI=1S/C13H18ClN3O2/c1-4-17(5-2)12(18)9-16(3)13(19)10-7-6-8-11(14)15-10/h6-8H,4-5,9H2,1-3H3. The molecule has 0 aliphatic carbocycles. The Labute approximate surface area is 118 Å². The molecule has 1 aromatic rings. The topological polar surface area (TPSA) is 53.5 Å². The number of aromatic nitrogens is 1. The lowest BCUT2D eigenvalue weighted by Gasteiger charge is -2.23. The van der Waals surface area contributed by atoms with E-state index in [0.29, 0.717) is 13.1 Å². The van der Waals surface area contributed by atoms with Gasteiger partial charge in [0, 0.05) is 20.1 Å². The van der Waals surface area contributed by atoms with Gasteiger partial charge in [-0.2, -0.15) is 0 Å². The van der Waals surface area contributed by atoms with Crippen LogP contribution in [0.1, 0.15) is 24.3 Å². The van der Waals surface area contributed by atoms with Crippen molar-refractivity contribution >= 4 is 23.4 Å². The second kappa shape index (κ2) is 7.09. The van der Waals surface area contributed by atoms with E-state index >= 15 is 0 Å². The van der Waals surface area contributed by atoms with Crippen molar-refractivity contribution in [2.45, 2.75) is 13.8 Å². The van der Waals surface area contributed by atoms with Crippen LogP contribution in [0.25, 0.3) is 0 Å². The van der Waals surface area contributed by atoms with Crippen molar-refractivity contribution < 1.29 is 9.59 Å². The number of hydrogen-bond donors (Lipinski definition) is 0. The van der Waals surface area contributed by atoms with Gasteiger partial charge in [-0.1, -0.05) is 17.7 Å². The Kier molecular flexibility index (Phi) is 5.76. The number of amides is 2. The molecule has 2 amide bonds. The molecule has 1 aromatic heterocycles. The van der Waals surface area contributed by atoms with E-state index in [-0.39, 0.29) is 29.2 Å². The average Bonchev–Trinajstić information content (AvgIpc) is 2.39. The molecular formula is C13H18ClN3O2. The summed E-state index contributed by atoms with van der Waals surface area (Å²) in [5.74, 6) is -0.397. The SMILES string of the molecule is CCN(CC)C(=O)CN(C)C(=O)c1cccc(Cl)n1. The first-order chi connectivity index (χ1) is 8.99. The van der Waals surface area contributed by atoms with Gasteiger partial charge in [-0.25, -0.2) is 4.98 Å². The summed E-state index contributed by atoms with van der Waals surface area (Å²) in [6.45, 7) is 5.11. The number of carbonyl (C=O) groups is 2. The van der Waals surface area contributed by atoms with Crippen LogP contribution in [-0.2, 0) is 4.79 Å². The smallest absolute Gasteiger partial charge is 0.272 e. The monoisotopic (exact) mass is 283 g/mol. The quantitative estimate of drug-likeness (QED) is 0.773. The fourth-order valence-corrected chi connectivity index (χ4v) is 1.84. The van der Waals surface area contributed by atoms with Crippen molar-refractivity contribution in [3.63, 3.8) is 0 Å². The summed E-state index contributed by atoms with van der Waals surface area (Å²) in [5, 5.41) is 0.259. The van der Waals surface area contributed by atoms with Crippen molar-refractivity contribution in [1.82, 2.24) is 14.8 Å². The van der Waals surface area contributed by atoms with Crippen LogP contribution < -0.4 is 0 Å². The maximum Gasteiger partial charge on any atom is 0.272 e. The van der Waals surface area contributed by atoms with Crippen LogP contribution in [0, 0.1) is 0 Å². The van der Waals surface area contributed by atoms with Crippen LogP contribution in [-0.4, -0.2) is 53.3 Å². The number of pyridine rings is 1. The molecule has 1 heterocycles. The van der Waals surface area contributed by atoms with Crippen LogP contribution in [0.2, 0.25) is 5.15 Å². The minimum Gasteiger partial charge on any atom is -0.342 e. The molecule has 0 spiro atoms. The summed E-state index contributed by atoms with van der Waals surface area (Å²) in [7, 11) is 1.58. The molecule has 0 radical (unpaired) electrons. The summed E-state index contributed by atoms with van der Waals surface area (Å²) in [5.41, 5.74) is 0.238. The van der Waals surface area contributed by atoms with E-state index in [4.69, 9.17) is 11.6 Å². The van der Waals surface area contributed by atoms with Crippen LogP contribution in [0.15, 0.2) is 18.2 Å². The van der Waals surface area contributed by atoms with Gasteiger partial charge >= 0.3 is 0 Å². The molecule has 0 unspecified atom stereocenters. The zero-order chi connectivity index (χ0) is 14.4. The highest BCUT2D eigenvalue weighted by Crippen LogP contribution is 2.07. The van der Waals surface area contributed by atoms with Crippen LogP contribution >= 0.6 is 11.6 Å². The van der Waals surface area contributed by atoms with E-state index in [1.165, 1.54) is 4.90 Å². The zero-order valence-corrected chi connectivity index (χ0v) is 12.1. The lowest BCUT2D eigenvalue weighted by Crippen LogP contribution is -2.41. The first-order valence-corrected chi connectivity index (χ1v) is 6.53. The van der Waals surface area contributed by atoms with Crippen LogP contribution in [0.4, 0.5) is 0 Å². The third-order valence-electron chi connectivity index (χ3n) is 2.77. The van der Waals surface area contributed by atoms with Crippen molar-refractivity contribution in [2.75, 3.05) is 26.7 Å². The molecule has 19 heavy (non-hydrogen) atoms. The zero-order valence-electron chi connectivity index (χ0n) is 11.4. The highest BCUT2D eigenvalue weighted by Gasteiger charge is 2.18. The molecule has 0 N–H and O–H groups in total. The number of likely N-dealkylation sites (N-methyl/N-ethyl adjacent to an activating group) is 2. The Morgan fingerprint density at radius 1 is 1.26 bits per heavy atom. The predicted octanol–water partition coefficient (Wildman–Crippen LogP) is 1.68. The molecule has 0 bridgehead atoms. The van der Waals surface area contributed by atoms with Gasteiger partial charge in [0.25, 0.3) is 5.91 Å². The van der Waals surface area contributed by atoms with E-state index in [9.17, 15) is 9.59 Å². The minimum absolute atomic E-state index is 0.0364. The molecule has 1 rings (SSSR count). The maximum absolute atomic E-state index is 12.1. The Balaban J connectivity index is 2.70.